The Hall–Kier alpha value is -0.930. The van der Waals surface area contributed by atoms with Crippen LogP contribution in [0.2, 0.25) is 0 Å². The topological polar surface area (TPSA) is 15.3 Å². The fourth-order valence-electron chi connectivity index (χ4n) is 2.72. The lowest BCUT2D eigenvalue weighted by Crippen LogP contribution is -2.51. The second-order valence-corrected chi connectivity index (χ2v) is 5.93. The lowest BCUT2D eigenvalue weighted by molar-refractivity contribution is 0.0945. The maximum Gasteiger partial charge on any atom is 0.128 e. The zero-order chi connectivity index (χ0) is 13.7. The molecule has 2 unspecified atom stereocenters. The van der Waals surface area contributed by atoms with Gasteiger partial charge in [0.1, 0.15) is 6.17 Å². The Morgan fingerprint density at radius 1 is 1.32 bits per heavy atom. The van der Waals surface area contributed by atoms with Gasteiger partial charge in [-0.15, -0.1) is 0 Å². The molecule has 0 aromatic heterocycles. The zero-order valence-corrected chi connectivity index (χ0v) is 12.0. The lowest BCUT2D eigenvalue weighted by Gasteiger charge is -2.36. The summed E-state index contributed by atoms with van der Waals surface area (Å²) in [4.78, 5) is 2.25. The van der Waals surface area contributed by atoms with E-state index in [0.29, 0.717) is 12.5 Å². The van der Waals surface area contributed by atoms with Crippen molar-refractivity contribution in [1.29, 1.82) is 0 Å². The molecule has 2 rings (SSSR count). The predicted molar refractivity (Wildman–Crippen MR) is 77.9 cm³/mol. The van der Waals surface area contributed by atoms with Crippen LogP contribution < -0.4 is 5.32 Å². The van der Waals surface area contributed by atoms with Crippen molar-refractivity contribution in [3.8, 4) is 0 Å². The normalized spacial score (nSPS) is 24.8. The molecule has 1 fully saturated rings. The molecule has 19 heavy (non-hydrogen) atoms. The van der Waals surface area contributed by atoms with Crippen molar-refractivity contribution in [3.05, 3.63) is 35.9 Å². The quantitative estimate of drug-likeness (QED) is 0.879. The summed E-state index contributed by atoms with van der Waals surface area (Å²) >= 11 is 0. The van der Waals surface area contributed by atoms with Crippen molar-refractivity contribution in [2.45, 2.75) is 39.0 Å². The lowest BCUT2D eigenvalue weighted by atomic mass is 10.0. The van der Waals surface area contributed by atoms with E-state index in [4.69, 9.17) is 0 Å². The number of nitrogens with one attached hydrogen (secondary N) is 1. The number of hydrogen-bond acceptors (Lipinski definition) is 2. The minimum atomic E-state index is -0.754. The van der Waals surface area contributed by atoms with Gasteiger partial charge in [-0.1, -0.05) is 44.2 Å². The number of rotatable bonds is 5. The first-order chi connectivity index (χ1) is 9.15. The van der Waals surface area contributed by atoms with Gasteiger partial charge in [-0.2, -0.15) is 0 Å². The molecule has 1 aliphatic rings. The Balaban J connectivity index is 1.77. The maximum absolute atomic E-state index is 14.1. The summed E-state index contributed by atoms with van der Waals surface area (Å²) < 4.78 is 14.1. The van der Waals surface area contributed by atoms with E-state index in [1.54, 1.807) is 0 Å². The Bertz CT molecular complexity index is 366. The van der Waals surface area contributed by atoms with Crippen LogP contribution in [-0.4, -0.2) is 36.7 Å². The Morgan fingerprint density at radius 2 is 2.05 bits per heavy atom. The highest BCUT2D eigenvalue weighted by molar-refractivity contribution is 5.14. The van der Waals surface area contributed by atoms with Gasteiger partial charge in [0.25, 0.3) is 0 Å². The van der Waals surface area contributed by atoms with Gasteiger partial charge in [0, 0.05) is 25.7 Å². The highest BCUT2D eigenvalue weighted by atomic mass is 19.1. The smallest absolute Gasteiger partial charge is 0.128 e. The summed E-state index contributed by atoms with van der Waals surface area (Å²) in [6.45, 7) is 7.72. The third-order valence-electron chi connectivity index (χ3n) is 3.66. The average Bonchev–Trinajstić information content (AvgIpc) is 2.38. The van der Waals surface area contributed by atoms with Crippen molar-refractivity contribution >= 4 is 0 Å². The van der Waals surface area contributed by atoms with E-state index in [1.807, 2.05) is 18.2 Å². The van der Waals surface area contributed by atoms with Crippen LogP contribution in [0.1, 0.15) is 25.8 Å². The van der Waals surface area contributed by atoms with Crippen LogP contribution in [0.25, 0.3) is 0 Å². The highest BCUT2D eigenvalue weighted by Crippen LogP contribution is 2.16. The van der Waals surface area contributed by atoms with E-state index in [1.165, 1.54) is 5.56 Å². The number of halogens is 1. The molecule has 2 nitrogen and oxygen atoms in total. The average molecular weight is 264 g/mol. The second-order valence-electron chi connectivity index (χ2n) is 5.93. The fraction of sp³-hybridized carbons (Fsp3) is 0.625. The molecular weight excluding hydrogens is 239 g/mol. The number of benzene rings is 1. The number of likely N-dealkylation sites (tertiary alicyclic amines) is 1. The molecule has 1 saturated heterocycles. The summed E-state index contributed by atoms with van der Waals surface area (Å²) in [7, 11) is 0. The first kappa shape index (κ1) is 14.5. The molecule has 0 amide bonds. The summed E-state index contributed by atoms with van der Waals surface area (Å²) in [6, 6.07) is 10.2. The van der Waals surface area contributed by atoms with E-state index in [0.717, 1.165) is 26.1 Å². The van der Waals surface area contributed by atoms with Crippen molar-refractivity contribution in [1.82, 2.24) is 10.2 Å². The van der Waals surface area contributed by atoms with E-state index >= 15 is 0 Å². The standard InChI is InChI=1S/C16H25FN2/c1-13(2)11-19-9-8-16(15(17)12-19)18-10-14-6-4-3-5-7-14/h3-7,13,15-16,18H,8-12H2,1-2H3. The number of alkyl halides is 1. The first-order valence-electron chi connectivity index (χ1n) is 7.29. The number of hydrogen-bond donors (Lipinski definition) is 1. The minimum Gasteiger partial charge on any atom is -0.307 e. The van der Waals surface area contributed by atoms with Gasteiger partial charge in [0.2, 0.25) is 0 Å². The highest BCUT2D eigenvalue weighted by Gasteiger charge is 2.28. The van der Waals surface area contributed by atoms with Gasteiger partial charge in [0.05, 0.1) is 0 Å². The van der Waals surface area contributed by atoms with Gasteiger partial charge in [-0.25, -0.2) is 4.39 Å². The van der Waals surface area contributed by atoms with E-state index < -0.39 is 6.17 Å². The molecule has 3 heteroatoms. The molecule has 0 saturated carbocycles. The van der Waals surface area contributed by atoms with Crippen LogP contribution in [0.4, 0.5) is 4.39 Å². The van der Waals surface area contributed by atoms with Crippen molar-refractivity contribution < 1.29 is 4.39 Å². The number of piperidine rings is 1. The molecular formula is C16H25FN2. The number of nitrogens with zero attached hydrogens (tertiary/aromatic N) is 1. The van der Waals surface area contributed by atoms with Crippen LogP contribution >= 0.6 is 0 Å². The van der Waals surface area contributed by atoms with Gasteiger partial charge in [0.15, 0.2) is 0 Å². The van der Waals surface area contributed by atoms with Crippen molar-refractivity contribution in [3.63, 3.8) is 0 Å². The summed E-state index contributed by atoms with van der Waals surface area (Å²) in [6.07, 6.45) is 0.150. The van der Waals surface area contributed by atoms with Gasteiger partial charge >= 0.3 is 0 Å². The van der Waals surface area contributed by atoms with Crippen LogP contribution in [0.15, 0.2) is 30.3 Å². The van der Waals surface area contributed by atoms with Crippen molar-refractivity contribution in [2.24, 2.45) is 5.92 Å². The molecule has 1 N–H and O–H groups in total. The van der Waals surface area contributed by atoms with Crippen LogP contribution in [0.3, 0.4) is 0 Å². The van der Waals surface area contributed by atoms with Crippen LogP contribution in [0.5, 0.6) is 0 Å². The fourth-order valence-corrected chi connectivity index (χ4v) is 2.72. The predicted octanol–water partition coefficient (Wildman–Crippen LogP) is 2.84. The van der Waals surface area contributed by atoms with Gasteiger partial charge < -0.3 is 10.2 Å². The summed E-state index contributed by atoms with van der Waals surface area (Å²) in [5.41, 5.74) is 1.22. The molecule has 1 aromatic carbocycles. The zero-order valence-electron chi connectivity index (χ0n) is 12.0. The Kier molecular flexibility index (Phi) is 5.34. The second kappa shape index (κ2) is 7.01. The molecule has 1 aliphatic heterocycles. The van der Waals surface area contributed by atoms with Gasteiger partial charge in [-0.3, -0.25) is 0 Å². The first-order valence-corrected chi connectivity index (χ1v) is 7.29. The molecule has 1 aromatic rings. The maximum atomic E-state index is 14.1. The minimum absolute atomic E-state index is 0.00335. The molecule has 1 heterocycles. The third kappa shape index (κ3) is 4.59. The van der Waals surface area contributed by atoms with E-state index in [2.05, 4.69) is 36.2 Å². The summed E-state index contributed by atoms with van der Waals surface area (Å²) in [5, 5.41) is 3.36. The Labute approximate surface area is 116 Å². The molecule has 106 valence electrons. The van der Waals surface area contributed by atoms with Crippen LogP contribution in [-0.2, 0) is 6.54 Å². The SMILES string of the molecule is CC(C)CN1CCC(NCc2ccccc2)C(F)C1. The molecule has 0 spiro atoms. The van der Waals surface area contributed by atoms with E-state index in [9.17, 15) is 4.39 Å². The van der Waals surface area contributed by atoms with E-state index in [-0.39, 0.29) is 6.04 Å². The molecule has 0 radical (unpaired) electrons. The van der Waals surface area contributed by atoms with Crippen LogP contribution in [0, 0.1) is 5.92 Å². The molecule has 0 bridgehead atoms. The summed E-state index contributed by atoms with van der Waals surface area (Å²) in [5.74, 6) is 0.612. The largest absolute Gasteiger partial charge is 0.307 e. The Morgan fingerprint density at radius 3 is 2.68 bits per heavy atom. The monoisotopic (exact) mass is 264 g/mol. The van der Waals surface area contributed by atoms with Gasteiger partial charge in [-0.05, 0) is 24.4 Å². The third-order valence-corrected chi connectivity index (χ3v) is 3.66. The van der Waals surface area contributed by atoms with Crippen molar-refractivity contribution in [2.75, 3.05) is 19.6 Å². The molecule has 0 aliphatic carbocycles. The molecule has 2 atom stereocenters.